The van der Waals surface area contributed by atoms with E-state index in [4.69, 9.17) is 0 Å². The second kappa shape index (κ2) is 9.88. The summed E-state index contributed by atoms with van der Waals surface area (Å²) in [6.45, 7) is 12.7. The number of nitrogens with zero attached hydrogens (tertiary/aromatic N) is 3. The molecule has 0 fully saturated rings. The Bertz CT molecular complexity index is 575. The number of halogens is 1. The van der Waals surface area contributed by atoms with Crippen LogP contribution in [0.2, 0.25) is 0 Å². The molecule has 0 saturated carbocycles. The van der Waals surface area contributed by atoms with Crippen LogP contribution in [0, 0.1) is 0 Å². The lowest BCUT2D eigenvalue weighted by Gasteiger charge is -2.35. The Labute approximate surface area is 144 Å². The quantitative estimate of drug-likeness (QED) is 0.543. The van der Waals surface area contributed by atoms with Gasteiger partial charge in [0.1, 0.15) is 11.7 Å². The number of allylic oxidation sites excluding steroid dienone is 5. The Morgan fingerprint density at radius 1 is 1.42 bits per heavy atom. The number of amidine groups is 1. The van der Waals surface area contributed by atoms with Crippen LogP contribution < -0.4 is 0 Å². The predicted octanol–water partition coefficient (Wildman–Crippen LogP) is 3.76. The Morgan fingerprint density at radius 2 is 2.12 bits per heavy atom. The molecule has 5 heteroatoms. The molecule has 1 unspecified atom stereocenters. The fourth-order valence-electron chi connectivity index (χ4n) is 2.61. The minimum absolute atomic E-state index is 0.340. The standard InChI is InChI=1S/C19H28FN3O/c1-6-10-14-23-16(11-7-2)15(20)12-13-17(23)18(24)19(21-5)22(8-3)9-4/h7-8,11-13,18,24H,2-3,6,9-10,14H2,1,4-5H3/b16-11-,21-19?. The summed E-state index contributed by atoms with van der Waals surface area (Å²) in [5.74, 6) is 0.141. The van der Waals surface area contributed by atoms with Crippen LogP contribution in [0.25, 0.3) is 0 Å². The molecular weight excluding hydrogens is 305 g/mol. The van der Waals surface area contributed by atoms with E-state index in [-0.39, 0.29) is 5.83 Å². The molecule has 132 valence electrons. The van der Waals surface area contributed by atoms with Crippen molar-refractivity contribution in [3.63, 3.8) is 0 Å². The minimum atomic E-state index is -0.970. The molecule has 1 N–H and O–H groups in total. The Balaban J connectivity index is 3.27. The van der Waals surface area contributed by atoms with Crippen LogP contribution in [-0.2, 0) is 0 Å². The lowest BCUT2D eigenvalue weighted by molar-refractivity contribution is 0.215. The summed E-state index contributed by atoms with van der Waals surface area (Å²) in [6, 6.07) is 0. The van der Waals surface area contributed by atoms with Crippen molar-refractivity contribution in [2.24, 2.45) is 4.99 Å². The molecule has 1 aliphatic rings. The normalized spacial score (nSPS) is 18.1. The first-order valence-electron chi connectivity index (χ1n) is 8.27. The van der Waals surface area contributed by atoms with Gasteiger partial charge in [-0.2, -0.15) is 0 Å². The van der Waals surface area contributed by atoms with Crippen LogP contribution in [0.4, 0.5) is 4.39 Å². The third-order valence-corrected chi connectivity index (χ3v) is 3.87. The Morgan fingerprint density at radius 3 is 2.62 bits per heavy atom. The highest BCUT2D eigenvalue weighted by atomic mass is 19.1. The lowest BCUT2D eigenvalue weighted by Crippen LogP contribution is -2.42. The average Bonchev–Trinajstić information content (AvgIpc) is 2.59. The van der Waals surface area contributed by atoms with Gasteiger partial charge in [0.05, 0.1) is 11.4 Å². The zero-order valence-electron chi connectivity index (χ0n) is 14.9. The molecule has 1 rings (SSSR count). The van der Waals surface area contributed by atoms with Gasteiger partial charge in [0.15, 0.2) is 6.10 Å². The Kier molecular flexibility index (Phi) is 8.19. The second-order valence-electron chi connectivity index (χ2n) is 5.35. The van der Waals surface area contributed by atoms with Gasteiger partial charge in [0, 0.05) is 20.1 Å². The highest BCUT2D eigenvalue weighted by Gasteiger charge is 2.29. The minimum Gasteiger partial charge on any atom is -0.379 e. The monoisotopic (exact) mass is 333 g/mol. The van der Waals surface area contributed by atoms with Gasteiger partial charge >= 0.3 is 0 Å². The predicted molar refractivity (Wildman–Crippen MR) is 99.1 cm³/mol. The number of unbranched alkanes of at least 4 members (excludes halogenated alkanes) is 1. The summed E-state index contributed by atoms with van der Waals surface area (Å²) < 4.78 is 14.2. The summed E-state index contributed by atoms with van der Waals surface area (Å²) >= 11 is 0. The van der Waals surface area contributed by atoms with Crippen molar-refractivity contribution in [2.45, 2.75) is 32.8 Å². The third-order valence-electron chi connectivity index (χ3n) is 3.87. The molecule has 0 aromatic heterocycles. The summed E-state index contributed by atoms with van der Waals surface area (Å²) in [5, 5.41) is 10.9. The summed E-state index contributed by atoms with van der Waals surface area (Å²) in [7, 11) is 1.63. The molecule has 0 aromatic carbocycles. The van der Waals surface area contributed by atoms with Gasteiger partial charge in [-0.05, 0) is 37.8 Å². The van der Waals surface area contributed by atoms with E-state index in [2.05, 4.69) is 25.1 Å². The average molecular weight is 333 g/mol. The summed E-state index contributed by atoms with van der Waals surface area (Å²) in [4.78, 5) is 7.78. The molecule has 0 aliphatic carbocycles. The summed E-state index contributed by atoms with van der Waals surface area (Å²) in [6.07, 6.45) is 8.65. The van der Waals surface area contributed by atoms with E-state index < -0.39 is 6.10 Å². The number of hydrogen-bond donors (Lipinski definition) is 1. The summed E-state index contributed by atoms with van der Waals surface area (Å²) in [5.41, 5.74) is 1.01. The van der Waals surface area contributed by atoms with Gasteiger partial charge in [-0.25, -0.2) is 4.39 Å². The highest BCUT2D eigenvalue weighted by molar-refractivity contribution is 5.90. The molecule has 0 aromatic rings. The number of hydrogen-bond acceptors (Lipinski definition) is 3. The maximum atomic E-state index is 14.2. The van der Waals surface area contributed by atoms with Crippen molar-refractivity contribution in [1.29, 1.82) is 0 Å². The molecule has 0 radical (unpaired) electrons. The molecule has 24 heavy (non-hydrogen) atoms. The molecule has 1 heterocycles. The topological polar surface area (TPSA) is 39.1 Å². The first-order chi connectivity index (χ1) is 11.5. The highest BCUT2D eigenvalue weighted by Crippen LogP contribution is 2.29. The molecule has 0 bridgehead atoms. The molecule has 0 spiro atoms. The van der Waals surface area contributed by atoms with Crippen LogP contribution >= 0.6 is 0 Å². The van der Waals surface area contributed by atoms with Crippen LogP contribution in [0.1, 0.15) is 26.7 Å². The zero-order chi connectivity index (χ0) is 18.1. The van der Waals surface area contributed by atoms with Gasteiger partial charge in [-0.1, -0.05) is 32.6 Å². The number of aliphatic hydroxyl groups is 1. The van der Waals surface area contributed by atoms with Crippen molar-refractivity contribution in [2.75, 3.05) is 20.1 Å². The van der Waals surface area contributed by atoms with Crippen LogP contribution in [0.3, 0.4) is 0 Å². The van der Waals surface area contributed by atoms with Crippen molar-refractivity contribution < 1.29 is 9.50 Å². The molecule has 4 nitrogen and oxygen atoms in total. The van der Waals surface area contributed by atoms with Gasteiger partial charge in [-0.15, -0.1) is 0 Å². The molecule has 1 aliphatic heterocycles. The van der Waals surface area contributed by atoms with E-state index in [0.29, 0.717) is 30.3 Å². The fraction of sp³-hybridized carbons (Fsp3) is 0.421. The smallest absolute Gasteiger partial charge is 0.151 e. The van der Waals surface area contributed by atoms with Gasteiger partial charge in [0.25, 0.3) is 0 Å². The van der Waals surface area contributed by atoms with Gasteiger partial charge in [-0.3, -0.25) is 4.99 Å². The van der Waals surface area contributed by atoms with Crippen molar-refractivity contribution in [1.82, 2.24) is 9.80 Å². The maximum Gasteiger partial charge on any atom is 0.151 e. The van der Waals surface area contributed by atoms with Crippen LogP contribution in [0.5, 0.6) is 0 Å². The van der Waals surface area contributed by atoms with E-state index in [1.807, 2.05) is 6.92 Å². The maximum absolute atomic E-state index is 14.2. The van der Waals surface area contributed by atoms with E-state index in [0.717, 1.165) is 12.8 Å². The third kappa shape index (κ3) is 4.45. The number of aliphatic hydroxyl groups excluding tert-OH is 1. The van der Waals surface area contributed by atoms with E-state index in [1.54, 1.807) is 41.3 Å². The molecule has 0 amide bonds. The van der Waals surface area contributed by atoms with Crippen molar-refractivity contribution >= 4 is 5.84 Å². The largest absolute Gasteiger partial charge is 0.379 e. The zero-order valence-corrected chi connectivity index (χ0v) is 14.9. The van der Waals surface area contributed by atoms with Gasteiger partial charge < -0.3 is 14.9 Å². The van der Waals surface area contributed by atoms with Crippen molar-refractivity contribution in [3.8, 4) is 0 Å². The first-order valence-corrected chi connectivity index (χ1v) is 8.27. The van der Waals surface area contributed by atoms with Crippen LogP contribution in [0.15, 0.2) is 65.9 Å². The second-order valence-corrected chi connectivity index (χ2v) is 5.35. The number of aliphatic imine (C=N–C) groups is 1. The molecule has 1 atom stereocenters. The fourth-order valence-corrected chi connectivity index (χ4v) is 2.61. The Hall–Kier alpha value is -2.14. The van der Waals surface area contributed by atoms with Crippen molar-refractivity contribution in [3.05, 3.63) is 60.9 Å². The van der Waals surface area contributed by atoms with E-state index >= 15 is 0 Å². The van der Waals surface area contributed by atoms with E-state index in [9.17, 15) is 9.50 Å². The SMILES string of the molecule is C=C/C=C1/C(F)=CC=C(C(O)C(=NC)N(C=C)CC)N1CCCC. The number of likely N-dealkylation sites (N-methyl/N-ethyl adjacent to an activating group) is 1. The molecule has 0 saturated heterocycles. The van der Waals surface area contributed by atoms with Crippen LogP contribution in [-0.4, -0.2) is 47.0 Å². The van der Waals surface area contributed by atoms with E-state index in [1.165, 1.54) is 6.08 Å². The number of rotatable bonds is 8. The van der Waals surface area contributed by atoms with Gasteiger partial charge in [0.2, 0.25) is 0 Å². The first kappa shape index (κ1) is 19.9. The lowest BCUT2D eigenvalue weighted by atomic mass is 10.1. The molecular formula is C19H28FN3O.